The molecule has 7 nitrogen and oxygen atoms in total. The Morgan fingerprint density at radius 2 is 2.05 bits per heavy atom. The molecule has 0 saturated carbocycles. The molecule has 2 heterocycles. The molecule has 2 aromatic heterocycles. The summed E-state index contributed by atoms with van der Waals surface area (Å²) in [7, 11) is 0. The third-order valence-electron chi connectivity index (χ3n) is 2.68. The van der Waals surface area contributed by atoms with Crippen molar-refractivity contribution in [2.75, 3.05) is 18.5 Å². The Balaban J connectivity index is 2.38. The second-order valence-electron chi connectivity index (χ2n) is 4.16. The van der Waals surface area contributed by atoms with Crippen LogP contribution in [0.25, 0.3) is 11.6 Å². The van der Waals surface area contributed by atoms with Crippen LogP contribution in [-0.2, 0) is 6.54 Å². The number of hydrogen-bond acceptors (Lipinski definition) is 6. The van der Waals surface area contributed by atoms with E-state index in [-0.39, 0.29) is 0 Å². The van der Waals surface area contributed by atoms with E-state index in [1.165, 1.54) is 0 Å². The Labute approximate surface area is 118 Å². The molecule has 0 fully saturated rings. The molecule has 0 aromatic carbocycles. The summed E-state index contributed by atoms with van der Waals surface area (Å²) in [6, 6.07) is 0.321. The van der Waals surface area contributed by atoms with Gasteiger partial charge in [0, 0.05) is 25.5 Å². The molecular weight excluding hydrogens is 256 g/mol. The number of ether oxygens (including phenoxy) is 1. The summed E-state index contributed by atoms with van der Waals surface area (Å²) in [4.78, 5) is 17.3. The largest absolute Gasteiger partial charge is 0.464 e. The quantitative estimate of drug-likeness (QED) is 0.833. The second-order valence-corrected chi connectivity index (χ2v) is 4.16. The summed E-state index contributed by atoms with van der Waals surface area (Å²) in [5.41, 5.74) is 0. The Morgan fingerprint density at radius 3 is 2.75 bits per heavy atom. The fraction of sp³-hybridized carbons (Fsp3) is 0.538. The molecule has 7 heteroatoms. The maximum Gasteiger partial charge on any atom is 0.321 e. The van der Waals surface area contributed by atoms with Crippen LogP contribution < -0.4 is 10.1 Å². The lowest BCUT2D eigenvalue weighted by atomic mass is 10.5. The van der Waals surface area contributed by atoms with Crippen molar-refractivity contribution in [2.24, 2.45) is 0 Å². The fourth-order valence-electron chi connectivity index (χ4n) is 1.74. The van der Waals surface area contributed by atoms with Crippen LogP contribution >= 0.6 is 0 Å². The number of imidazole rings is 1. The van der Waals surface area contributed by atoms with Crippen molar-refractivity contribution in [3.8, 4) is 17.7 Å². The summed E-state index contributed by atoms with van der Waals surface area (Å²) in [5.74, 6) is 1.76. The van der Waals surface area contributed by atoms with E-state index in [9.17, 15) is 0 Å². The molecule has 2 aromatic rings. The van der Waals surface area contributed by atoms with E-state index in [0.29, 0.717) is 24.4 Å². The molecule has 0 aliphatic heterocycles. The van der Waals surface area contributed by atoms with Gasteiger partial charge in [-0.3, -0.25) is 0 Å². The fourth-order valence-corrected chi connectivity index (χ4v) is 1.74. The first-order valence-electron chi connectivity index (χ1n) is 6.92. The van der Waals surface area contributed by atoms with E-state index in [4.69, 9.17) is 4.74 Å². The highest BCUT2D eigenvalue weighted by Gasteiger charge is 2.13. The third-order valence-corrected chi connectivity index (χ3v) is 2.68. The summed E-state index contributed by atoms with van der Waals surface area (Å²) < 4.78 is 7.38. The van der Waals surface area contributed by atoms with Crippen LogP contribution in [0.3, 0.4) is 0 Å². The number of anilines is 1. The second kappa shape index (κ2) is 6.83. The monoisotopic (exact) mass is 276 g/mol. The maximum absolute atomic E-state index is 5.40. The van der Waals surface area contributed by atoms with Crippen molar-refractivity contribution in [3.05, 3.63) is 12.4 Å². The minimum Gasteiger partial charge on any atom is -0.464 e. The van der Waals surface area contributed by atoms with E-state index in [1.54, 1.807) is 6.20 Å². The molecule has 0 radical (unpaired) electrons. The number of nitrogens with zero attached hydrogens (tertiary/aromatic N) is 5. The van der Waals surface area contributed by atoms with Gasteiger partial charge in [0.05, 0.1) is 6.61 Å². The van der Waals surface area contributed by atoms with Gasteiger partial charge in [-0.2, -0.15) is 15.0 Å². The van der Waals surface area contributed by atoms with Crippen molar-refractivity contribution in [3.63, 3.8) is 0 Å². The lowest BCUT2D eigenvalue weighted by molar-refractivity contribution is 0.312. The summed E-state index contributed by atoms with van der Waals surface area (Å²) in [6.07, 6.45) is 4.63. The lowest BCUT2D eigenvalue weighted by Gasteiger charge is -2.09. The highest BCUT2D eigenvalue weighted by molar-refractivity contribution is 5.47. The highest BCUT2D eigenvalue weighted by atomic mass is 16.5. The van der Waals surface area contributed by atoms with Crippen molar-refractivity contribution < 1.29 is 4.74 Å². The standard InChI is InChI=1S/C13H20N6O/c1-4-7-15-12-16-10(17-13(18-12)20-6-3)11-14-8-9-19(11)5-2/h8-9H,4-7H2,1-3H3,(H,15,16,17,18). The predicted molar refractivity (Wildman–Crippen MR) is 76.7 cm³/mol. The van der Waals surface area contributed by atoms with Gasteiger partial charge in [0.25, 0.3) is 0 Å². The molecule has 108 valence electrons. The van der Waals surface area contributed by atoms with E-state index in [1.807, 2.05) is 24.6 Å². The average Bonchev–Trinajstić information content (AvgIpc) is 2.93. The van der Waals surface area contributed by atoms with Gasteiger partial charge in [0.2, 0.25) is 11.8 Å². The van der Waals surface area contributed by atoms with Gasteiger partial charge < -0.3 is 14.6 Å². The van der Waals surface area contributed by atoms with E-state index < -0.39 is 0 Å². The Morgan fingerprint density at radius 1 is 1.20 bits per heavy atom. The average molecular weight is 276 g/mol. The first-order valence-corrected chi connectivity index (χ1v) is 6.92. The Kier molecular flexibility index (Phi) is 4.86. The normalized spacial score (nSPS) is 10.6. The van der Waals surface area contributed by atoms with E-state index >= 15 is 0 Å². The van der Waals surface area contributed by atoms with Gasteiger partial charge in [-0.1, -0.05) is 6.92 Å². The van der Waals surface area contributed by atoms with Gasteiger partial charge in [0.15, 0.2) is 5.82 Å². The zero-order chi connectivity index (χ0) is 14.4. The van der Waals surface area contributed by atoms with Crippen LogP contribution in [0.5, 0.6) is 6.01 Å². The predicted octanol–water partition coefficient (Wildman–Crippen LogP) is 1.98. The first kappa shape index (κ1) is 14.2. The molecule has 20 heavy (non-hydrogen) atoms. The van der Waals surface area contributed by atoms with Gasteiger partial charge in [-0.15, -0.1) is 0 Å². The zero-order valence-corrected chi connectivity index (χ0v) is 12.1. The minimum absolute atomic E-state index is 0.321. The Hall–Kier alpha value is -2.18. The molecule has 0 amide bonds. The Bertz CT molecular complexity index is 554. The summed E-state index contributed by atoms with van der Waals surface area (Å²) in [6.45, 7) is 8.16. The smallest absolute Gasteiger partial charge is 0.321 e. The van der Waals surface area contributed by atoms with Gasteiger partial charge in [-0.05, 0) is 20.3 Å². The molecule has 0 atom stereocenters. The number of rotatable bonds is 7. The SMILES string of the molecule is CCCNc1nc(OCC)nc(-c2nccn2CC)n1. The van der Waals surface area contributed by atoms with Crippen LogP contribution in [0.1, 0.15) is 27.2 Å². The number of aryl methyl sites for hydroxylation is 1. The van der Waals surface area contributed by atoms with Crippen LogP contribution in [0, 0.1) is 0 Å². The van der Waals surface area contributed by atoms with Crippen molar-refractivity contribution >= 4 is 5.95 Å². The molecule has 0 saturated heterocycles. The summed E-state index contributed by atoms with van der Waals surface area (Å²) in [5, 5.41) is 3.15. The van der Waals surface area contributed by atoms with Crippen molar-refractivity contribution in [2.45, 2.75) is 33.7 Å². The molecule has 2 rings (SSSR count). The maximum atomic E-state index is 5.40. The summed E-state index contributed by atoms with van der Waals surface area (Å²) >= 11 is 0. The van der Waals surface area contributed by atoms with Crippen molar-refractivity contribution in [1.29, 1.82) is 0 Å². The van der Waals surface area contributed by atoms with Gasteiger partial charge >= 0.3 is 6.01 Å². The first-order chi connectivity index (χ1) is 9.78. The molecule has 0 spiro atoms. The molecule has 0 bridgehead atoms. The number of nitrogens with one attached hydrogen (secondary N) is 1. The van der Waals surface area contributed by atoms with Crippen LogP contribution in [0.4, 0.5) is 5.95 Å². The minimum atomic E-state index is 0.321. The van der Waals surface area contributed by atoms with E-state index in [0.717, 1.165) is 25.3 Å². The third kappa shape index (κ3) is 3.23. The molecule has 0 unspecified atom stereocenters. The highest BCUT2D eigenvalue weighted by Crippen LogP contribution is 2.17. The van der Waals surface area contributed by atoms with Crippen LogP contribution in [-0.4, -0.2) is 37.7 Å². The van der Waals surface area contributed by atoms with Crippen LogP contribution in [0.2, 0.25) is 0 Å². The van der Waals surface area contributed by atoms with Gasteiger partial charge in [0.1, 0.15) is 0 Å². The van der Waals surface area contributed by atoms with Crippen molar-refractivity contribution in [1.82, 2.24) is 24.5 Å². The van der Waals surface area contributed by atoms with E-state index in [2.05, 4.69) is 32.2 Å². The molecule has 0 aliphatic carbocycles. The van der Waals surface area contributed by atoms with Gasteiger partial charge in [-0.25, -0.2) is 4.98 Å². The topological polar surface area (TPSA) is 77.8 Å². The molecule has 1 N–H and O–H groups in total. The number of hydrogen-bond donors (Lipinski definition) is 1. The zero-order valence-electron chi connectivity index (χ0n) is 12.1. The molecular formula is C13H20N6O. The van der Waals surface area contributed by atoms with Crippen LogP contribution in [0.15, 0.2) is 12.4 Å². The lowest BCUT2D eigenvalue weighted by Crippen LogP contribution is -2.10. The molecule has 0 aliphatic rings. The number of aromatic nitrogens is 5.